The number of sulfone groups is 1. The highest BCUT2D eigenvalue weighted by Crippen LogP contribution is 2.54. The predicted octanol–water partition coefficient (Wildman–Crippen LogP) is 6.39. The zero-order chi connectivity index (χ0) is 37.4. The number of amides is 2. The van der Waals surface area contributed by atoms with Crippen molar-refractivity contribution in [3.63, 3.8) is 0 Å². The second kappa shape index (κ2) is 13.9. The zero-order valence-corrected chi connectivity index (χ0v) is 27.9. The highest BCUT2D eigenvalue weighted by atomic mass is 32.2. The number of ether oxygens (including phenoxy) is 1. The average Bonchev–Trinajstić information content (AvgIpc) is 3.55. The molecule has 0 bridgehead atoms. The number of likely N-dealkylation sites (tertiary alicyclic amines) is 2. The van der Waals surface area contributed by atoms with Gasteiger partial charge in [-0.15, -0.1) is 0 Å². The van der Waals surface area contributed by atoms with Crippen LogP contribution in [-0.4, -0.2) is 68.6 Å². The lowest BCUT2D eigenvalue weighted by molar-refractivity contribution is -0.392. The van der Waals surface area contributed by atoms with Crippen LogP contribution in [0, 0.1) is 23.1 Å². The van der Waals surface area contributed by atoms with Crippen LogP contribution in [0.15, 0.2) is 77.7 Å². The van der Waals surface area contributed by atoms with Gasteiger partial charge in [0.05, 0.1) is 23.1 Å². The number of alkyl halides is 6. The van der Waals surface area contributed by atoms with Crippen LogP contribution in [0.1, 0.15) is 48.4 Å². The summed E-state index contributed by atoms with van der Waals surface area (Å²) in [6, 6.07) is 13.2. The van der Waals surface area contributed by atoms with Gasteiger partial charge >= 0.3 is 12.4 Å². The summed E-state index contributed by atoms with van der Waals surface area (Å²) in [5, 5.41) is 9.31. The molecule has 0 spiro atoms. The first-order valence-electron chi connectivity index (χ1n) is 15.8. The first-order chi connectivity index (χ1) is 23.9. The highest BCUT2D eigenvalue weighted by Gasteiger charge is 2.73. The Morgan fingerprint density at radius 3 is 2.02 bits per heavy atom. The smallest absolute Gasteiger partial charge is 0.349 e. The van der Waals surface area contributed by atoms with E-state index < -0.39 is 68.9 Å². The molecule has 2 aliphatic rings. The Labute approximate surface area is 289 Å². The van der Waals surface area contributed by atoms with E-state index in [2.05, 4.69) is 0 Å². The maximum Gasteiger partial charge on any atom is 0.430 e. The number of carbonyl (C=O) groups is 2. The van der Waals surface area contributed by atoms with Crippen LogP contribution in [0.5, 0.6) is 0 Å². The molecule has 8 nitrogen and oxygen atoms in total. The summed E-state index contributed by atoms with van der Waals surface area (Å²) in [6.07, 6.45) is -11.8. The lowest BCUT2D eigenvalue weighted by Crippen LogP contribution is -2.56. The molecule has 0 unspecified atom stereocenters. The summed E-state index contributed by atoms with van der Waals surface area (Å²) in [5.41, 5.74) is -6.87. The zero-order valence-electron chi connectivity index (χ0n) is 27.1. The number of halogens is 7. The molecule has 2 saturated heterocycles. The van der Waals surface area contributed by atoms with E-state index in [1.54, 1.807) is 11.0 Å². The number of nitriles is 1. The molecule has 2 amide bonds. The van der Waals surface area contributed by atoms with Gasteiger partial charge in [-0.1, -0.05) is 42.5 Å². The van der Waals surface area contributed by atoms with Gasteiger partial charge in [-0.05, 0) is 60.7 Å². The van der Waals surface area contributed by atoms with E-state index in [1.165, 1.54) is 30.0 Å². The third kappa shape index (κ3) is 6.81. The molecular weight excluding hydrogens is 707 g/mol. The first-order valence-corrected chi connectivity index (χ1v) is 17.3. The Morgan fingerprint density at radius 2 is 1.47 bits per heavy atom. The number of carbonyl (C=O) groups excluding carboxylic acids is 2. The summed E-state index contributed by atoms with van der Waals surface area (Å²) >= 11 is 0. The monoisotopic (exact) mass is 739 g/mol. The first kappa shape index (κ1) is 37.8. The van der Waals surface area contributed by atoms with Crippen molar-refractivity contribution in [1.29, 1.82) is 5.26 Å². The van der Waals surface area contributed by atoms with Crippen LogP contribution in [0.2, 0.25) is 0 Å². The molecule has 0 aliphatic carbocycles. The molecule has 2 heterocycles. The van der Waals surface area contributed by atoms with E-state index in [0.29, 0.717) is 38.1 Å². The fourth-order valence-electron chi connectivity index (χ4n) is 6.80. The van der Waals surface area contributed by atoms with E-state index >= 15 is 0 Å². The van der Waals surface area contributed by atoms with Crippen LogP contribution in [0.25, 0.3) is 0 Å². The molecular formula is C35H32F7N3O5S. The molecule has 272 valence electrons. The molecule has 0 radical (unpaired) electrons. The number of piperidine rings is 1. The second-order valence-electron chi connectivity index (χ2n) is 12.6. The third-order valence-corrected chi connectivity index (χ3v) is 12.2. The van der Waals surface area contributed by atoms with E-state index in [0.717, 1.165) is 42.5 Å². The van der Waals surface area contributed by atoms with Crippen LogP contribution in [0.4, 0.5) is 30.7 Å². The molecule has 0 aromatic heterocycles. The van der Waals surface area contributed by atoms with Crippen LogP contribution in [0.3, 0.4) is 0 Å². The molecule has 2 fully saturated rings. The van der Waals surface area contributed by atoms with Crippen molar-refractivity contribution in [3.8, 4) is 6.07 Å². The number of rotatable bonds is 8. The van der Waals surface area contributed by atoms with Crippen molar-refractivity contribution in [1.82, 2.24) is 9.80 Å². The third-order valence-electron chi connectivity index (χ3n) is 9.67. The number of hydrogen-bond donors (Lipinski definition) is 0. The minimum absolute atomic E-state index is 0.107. The van der Waals surface area contributed by atoms with Gasteiger partial charge in [-0.2, -0.15) is 31.6 Å². The molecule has 3 aromatic rings. The summed E-state index contributed by atoms with van der Waals surface area (Å²) in [5.74, 6) is -1.85. The van der Waals surface area contributed by atoms with Crippen molar-refractivity contribution in [2.45, 2.75) is 60.4 Å². The Kier molecular flexibility index (Phi) is 10.3. The lowest BCUT2D eigenvalue weighted by atomic mass is 9.88. The quantitative estimate of drug-likeness (QED) is 0.196. The minimum Gasteiger partial charge on any atom is -0.349 e. The summed E-state index contributed by atoms with van der Waals surface area (Å²) in [6.45, 7) is 0.188. The molecule has 51 heavy (non-hydrogen) atoms. The van der Waals surface area contributed by atoms with Gasteiger partial charge in [0.25, 0.3) is 5.60 Å². The molecule has 0 saturated carbocycles. The van der Waals surface area contributed by atoms with Gasteiger partial charge in [-0.3, -0.25) is 9.59 Å². The van der Waals surface area contributed by atoms with E-state index in [9.17, 15) is 54.0 Å². The van der Waals surface area contributed by atoms with Gasteiger partial charge in [-0.25, -0.2) is 12.8 Å². The van der Waals surface area contributed by atoms with E-state index in [-0.39, 0.29) is 40.5 Å². The maximum absolute atomic E-state index is 14.6. The van der Waals surface area contributed by atoms with Crippen molar-refractivity contribution in [2.24, 2.45) is 5.92 Å². The Morgan fingerprint density at radius 1 is 0.882 bits per heavy atom. The summed E-state index contributed by atoms with van der Waals surface area (Å²) in [7, 11) is -4.57. The largest absolute Gasteiger partial charge is 0.430 e. The van der Waals surface area contributed by atoms with E-state index in [1.807, 2.05) is 0 Å². The fraction of sp³-hybridized carbons (Fsp3) is 0.400. The Bertz CT molecular complexity index is 1900. The van der Waals surface area contributed by atoms with Crippen molar-refractivity contribution >= 4 is 21.7 Å². The van der Waals surface area contributed by atoms with Gasteiger partial charge in [0, 0.05) is 44.6 Å². The minimum atomic E-state index is -6.07. The maximum atomic E-state index is 14.6. The van der Waals surface area contributed by atoms with Crippen LogP contribution >= 0.6 is 0 Å². The molecule has 5 rings (SSSR count). The second-order valence-corrected chi connectivity index (χ2v) is 14.8. The van der Waals surface area contributed by atoms with E-state index in [4.69, 9.17) is 4.74 Å². The number of hydrogen-bond acceptors (Lipinski definition) is 6. The molecule has 3 aromatic carbocycles. The average molecular weight is 740 g/mol. The number of nitrogens with zero attached hydrogens (tertiary/aromatic N) is 3. The lowest BCUT2D eigenvalue weighted by Gasteiger charge is -2.38. The summed E-state index contributed by atoms with van der Waals surface area (Å²) in [4.78, 5) is 27.9. The van der Waals surface area contributed by atoms with Gasteiger partial charge in [0.2, 0.25) is 11.8 Å². The normalized spacial score (nSPS) is 19.2. The topological polar surface area (TPSA) is 108 Å². The molecule has 16 heteroatoms. The van der Waals surface area contributed by atoms with Crippen LogP contribution < -0.4 is 0 Å². The van der Waals surface area contributed by atoms with Gasteiger partial charge in [0.1, 0.15) is 10.6 Å². The van der Waals surface area contributed by atoms with Gasteiger partial charge in [0.15, 0.2) is 9.84 Å². The highest BCUT2D eigenvalue weighted by molar-refractivity contribution is 7.92. The molecule has 2 aliphatic heterocycles. The Balaban J connectivity index is 1.56. The standard InChI is InChI=1S/C35H32F7N3O5S/c1-23(46)44-17-14-24(15-18-44)31(47)45-19-16-32(22-45,51(48,49)30-12-10-29(36)11-13-30)27-6-8-28(9-7-27)33(34(37,38)39,35(40,41)42)50-21-26-5-3-2-4-25(26)20-43/h2-13,24H,14-19,21-22H2,1H3/t32-/m0/s1. The number of benzene rings is 3. The Hall–Kier alpha value is -4.49. The predicted molar refractivity (Wildman–Crippen MR) is 168 cm³/mol. The molecule has 0 N–H and O–H groups in total. The molecule has 1 atom stereocenters. The van der Waals surface area contributed by atoms with Crippen molar-refractivity contribution in [3.05, 3.63) is 101 Å². The summed E-state index contributed by atoms with van der Waals surface area (Å²) < 4.78 is 133. The fourth-order valence-corrected chi connectivity index (χ4v) is 8.88. The van der Waals surface area contributed by atoms with Crippen LogP contribution in [-0.2, 0) is 41.1 Å². The van der Waals surface area contributed by atoms with Crippen molar-refractivity contribution in [2.75, 3.05) is 26.2 Å². The SMILES string of the molecule is CC(=O)N1CCC(C(=O)N2CC[C@](c3ccc(C(OCc4ccccc4C#N)(C(F)(F)F)C(F)(F)F)cc3)(S(=O)(=O)c3ccc(F)cc3)C2)CC1. The van der Waals surface area contributed by atoms with Crippen molar-refractivity contribution < 1.29 is 53.5 Å². The van der Waals surface area contributed by atoms with Gasteiger partial charge < -0.3 is 14.5 Å².